The molecule has 0 radical (unpaired) electrons. The number of aromatic hydroxyl groups is 1. The minimum Gasteiger partial charge on any atom is -0.502 e. The van der Waals surface area contributed by atoms with Gasteiger partial charge >= 0.3 is 0 Å². The molecular formula is C18H18N2O5. The Bertz CT molecular complexity index is 823. The first-order valence-corrected chi connectivity index (χ1v) is 7.80. The normalized spacial score (nSPS) is 19.9. The molecule has 0 fully saturated rings. The molecule has 1 aromatic rings. The number of benzene rings is 1. The smallest absolute Gasteiger partial charge is 0.205 e. The van der Waals surface area contributed by atoms with Crippen LogP contribution in [0.15, 0.2) is 34.9 Å². The van der Waals surface area contributed by atoms with Gasteiger partial charge in [0, 0.05) is 18.4 Å². The Morgan fingerprint density at radius 1 is 1.28 bits per heavy atom. The summed E-state index contributed by atoms with van der Waals surface area (Å²) in [6, 6.07) is 5.19. The average molecular weight is 342 g/mol. The summed E-state index contributed by atoms with van der Waals surface area (Å²) >= 11 is 0. The zero-order chi connectivity index (χ0) is 18.1. The molecule has 130 valence electrons. The fourth-order valence-corrected chi connectivity index (χ4v) is 3.27. The quantitative estimate of drug-likeness (QED) is 0.865. The van der Waals surface area contributed by atoms with E-state index in [9.17, 15) is 15.2 Å². The molecule has 0 amide bonds. The highest BCUT2D eigenvalue weighted by molar-refractivity contribution is 5.99. The van der Waals surface area contributed by atoms with Gasteiger partial charge in [0.25, 0.3) is 0 Å². The number of ether oxygens (including phenoxy) is 3. The van der Waals surface area contributed by atoms with Crippen LogP contribution in [0.5, 0.6) is 17.2 Å². The van der Waals surface area contributed by atoms with Gasteiger partial charge in [-0.25, -0.2) is 0 Å². The summed E-state index contributed by atoms with van der Waals surface area (Å²) < 4.78 is 15.9. The van der Waals surface area contributed by atoms with Crippen LogP contribution in [0.2, 0.25) is 0 Å². The third-order valence-corrected chi connectivity index (χ3v) is 4.44. The van der Waals surface area contributed by atoms with Gasteiger partial charge in [-0.15, -0.1) is 0 Å². The van der Waals surface area contributed by atoms with Crippen LogP contribution in [0.3, 0.4) is 0 Å². The molecule has 3 rings (SSSR count). The predicted molar refractivity (Wildman–Crippen MR) is 87.7 cm³/mol. The lowest BCUT2D eigenvalue weighted by atomic mass is 9.77. The molecule has 25 heavy (non-hydrogen) atoms. The van der Waals surface area contributed by atoms with E-state index in [1.165, 1.54) is 14.2 Å². The van der Waals surface area contributed by atoms with Crippen molar-refractivity contribution >= 4 is 5.78 Å². The molecule has 0 aromatic heterocycles. The predicted octanol–water partition coefficient (Wildman–Crippen LogP) is 2.22. The molecule has 3 N–H and O–H groups in total. The molecule has 2 aliphatic rings. The number of Topliss-reactive ketones (excluding diaryl/α,β-unsaturated/α-hetero) is 1. The Balaban J connectivity index is 2.24. The zero-order valence-electron chi connectivity index (χ0n) is 14.0. The van der Waals surface area contributed by atoms with Crippen molar-refractivity contribution in [2.45, 2.75) is 25.2 Å². The summed E-state index contributed by atoms with van der Waals surface area (Å²) in [5, 5.41) is 19.7. The number of phenols is 1. The number of allylic oxidation sites excluding steroid dienone is 3. The van der Waals surface area contributed by atoms with E-state index in [0.717, 1.165) is 0 Å². The van der Waals surface area contributed by atoms with E-state index in [1.54, 1.807) is 12.1 Å². The first kappa shape index (κ1) is 16.7. The Hall–Kier alpha value is -3.14. The Morgan fingerprint density at radius 2 is 1.92 bits per heavy atom. The third kappa shape index (κ3) is 2.66. The fourth-order valence-electron chi connectivity index (χ4n) is 3.27. The average Bonchev–Trinajstić information content (AvgIpc) is 2.61. The zero-order valence-corrected chi connectivity index (χ0v) is 14.0. The second kappa shape index (κ2) is 6.40. The Labute approximate surface area is 144 Å². The maximum absolute atomic E-state index is 12.5. The van der Waals surface area contributed by atoms with Crippen LogP contribution in [-0.4, -0.2) is 25.1 Å². The number of hydrogen-bond acceptors (Lipinski definition) is 7. The topological polar surface area (TPSA) is 115 Å². The summed E-state index contributed by atoms with van der Waals surface area (Å²) in [7, 11) is 2.82. The van der Waals surface area contributed by atoms with Crippen LogP contribution in [0.25, 0.3) is 0 Å². The highest BCUT2D eigenvalue weighted by atomic mass is 16.5. The molecule has 1 aliphatic carbocycles. The van der Waals surface area contributed by atoms with Crippen molar-refractivity contribution in [2.24, 2.45) is 5.73 Å². The summed E-state index contributed by atoms with van der Waals surface area (Å²) in [6.45, 7) is 0. The number of nitrogens with two attached hydrogens (primary N) is 1. The standard InChI is InChI=1S/C18H18N2O5/c1-23-13-6-9(7-14(24-2)17(13)22)15-10(8-19)18(20)25-12-5-3-4-11(21)16(12)15/h6-7,15,22H,3-5,20H2,1-2H3/t15-/m0/s1. The first-order chi connectivity index (χ1) is 12.0. The van der Waals surface area contributed by atoms with Crippen LogP contribution in [0.1, 0.15) is 30.7 Å². The summed E-state index contributed by atoms with van der Waals surface area (Å²) in [4.78, 5) is 12.5. The largest absolute Gasteiger partial charge is 0.502 e. The third-order valence-electron chi connectivity index (χ3n) is 4.44. The summed E-state index contributed by atoms with van der Waals surface area (Å²) in [6.07, 6.45) is 1.66. The van der Waals surface area contributed by atoms with E-state index in [1.807, 2.05) is 6.07 Å². The Morgan fingerprint density at radius 3 is 2.48 bits per heavy atom. The van der Waals surface area contributed by atoms with Crippen molar-refractivity contribution in [1.82, 2.24) is 0 Å². The molecule has 1 aliphatic heterocycles. The number of hydrogen-bond donors (Lipinski definition) is 2. The molecule has 0 bridgehead atoms. The molecule has 7 nitrogen and oxygen atoms in total. The molecule has 0 spiro atoms. The number of methoxy groups -OCH3 is 2. The number of nitriles is 1. The fraction of sp³-hybridized carbons (Fsp3) is 0.333. The number of rotatable bonds is 3. The van der Waals surface area contributed by atoms with Crippen LogP contribution < -0.4 is 15.2 Å². The van der Waals surface area contributed by atoms with Crippen LogP contribution in [-0.2, 0) is 9.53 Å². The molecular weight excluding hydrogens is 324 g/mol. The SMILES string of the molecule is COc1cc([C@H]2C(C#N)=C(N)OC3=C2C(=O)CCC3)cc(OC)c1O. The van der Waals surface area contributed by atoms with Crippen molar-refractivity contribution < 1.29 is 24.1 Å². The highest BCUT2D eigenvalue weighted by Gasteiger charge is 2.38. The van der Waals surface area contributed by atoms with Gasteiger partial charge in [0.15, 0.2) is 17.3 Å². The molecule has 0 saturated carbocycles. The second-order valence-electron chi connectivity index (χ2n) is 5.81. The van der Waals surface area contributed by atoms with Crippen molar-refractivity contribution in [2.75, 3.05) is 14.2 Å². The van der Waals surface area contributed by atoms with Gasteiger partial charge in [0.1, 0.15) is 17.4 Å². The van der Waals surface area contributed by atoms with Crippen LogP contribution in [0.4, 0.5) is 0 Å². The van der Waals surface area contributed by atoms with E-state index in [-0.39, 0.29) is 34.5 Å². The monoisotopic (exact) mass is 342 g/mol. The lowest BCUT2D eigenvalue weighted by molar-refractivity contribution is -0.116. The molecule has 0 saturated heterocycles. The summed E-state index contributed by atoms with van der Waals surface area (Å²) in [5.41, 5.74) is 7.08. The first-order valence-electron chi connectivity index (χ1n) is 7.80. The Kier molecular flexibility index (Phi) is 4.28. The minimum absolute atomic E-state index is 0.00745. The van der Waals surface area contributed by atoms with Crippen LogP contribution in [0, 0.1) is 11.3 Å². The maximum Gasteiger partial charge on any atom is 0.205 e. The van der Waals surface area contributed by atoms with Gasteiger partial charge < -0.3 is 25.1 Å². The van der Waals surface area contributed by atoms with Gasteiger partial charge in [-0.2, -0.15) is 5.26 Å². The number of phenolic OH excluding ortho intramolecular Hbond substituents is 1. The van der Waals surface area contributed by atoms with Gasteiger partial charge in [-0.1, -0.05) is 0 Å². The molecule has 0 unspecified atom stereocenters. The summed E-state index contributed by atoms with van der Waals surface area (Å²) in [5.74, 6) is -0.0390. The minimum atomic E-state index is -0.676. The van der Waals surface area contributed by atoms with Crippen molar-refractivity contribution in [3.05, 3.63) is 40.5 Å². The van der Waals surface area contributed by atoms with E-state index in [0.29, 0.717) is 36.2 Å². The highest BCUT2D eigenvalue weighted by Crippen LogP contribution is 2.47. The lowest BCUT2D eigenvalue weighted by Gasteiger charge is -2.31. The van der Waals surface area contributed by atoms with Gasteiger partial charge in [-0.3, -0.25) is 4.79 Å². The molecule has 1 heterocycles. The van der Waals surface area contributed by atoms with E-state index in [2.05, 4.69) is 0 Å². The number of nitrogens with zero attached hydrogens (tertiary/aromatic N) is 1. The van der Waals surface area contributed by atoms with Gasteiger partial charge in [0.2, 0.25) is 11.6 Å². The lowest BCUT2D eigenvalue weighted by Crippen LogP contribution is -2.27. The molecule has 1 aromatic carbocycles. The molecule has 1 atom stereocenters. The van der Waals surface area contributed by atoms with Gasteiger partial charge in [0.05, 0.1) is 20.1 Å². The van der Waals surface area contributed by atoms with Crippen LogP contribution >= 0.6 is 0 Å². The molecule has 7 heteroatoms. The van der Waals surface area contributed by atoms with E-state index >= 15 is 0 Å². The van der Waals surface area contributed by atoms with Crippen molar-refractivity contribution in [3.8, 4) is 23.3 Å². The second-order valence-corrected chi connectivity index (χ2v) is 5.81. The van der Waals surface area contributed by atoms with E-state index in [4.69, 9.17) is 19.9 Å². The van der Waals surface area contributed by atoms with Crippen molar-refractivity contribution in [3.63, 3.8) is 0 Å². The number of ketones is 1. The van der Waals surface area contributed by atoms with Crippen molar-refractivity contribution in [1.29, 1.82) is 5.26 Å². The van der Waals surface area contributed by atoms with E-state index < -0.39 is 5.92 Å². The number of carbonyl (C=O) groups is 1. The number of carbonyl (C=O) groups excluding carboxylic acids is 1. The maximum atomic E-state index is 12.5. The van der Waals surface area contributed by atoms with Gasteiger partial charge in [-0.05, 0) is 24.1 Å².